The number of nitrogens with one attached hydrogen (secondary N) is 1. The van der Waals surface area contributed by atoms with Gasteiger partial charge in [-0.3, -0.25) is 0 Å². The van der Waals surface area contributed by atoms with E-state index in [9.17, 15) is 0 Å². The third-order valence-corrected chi connectivity index (χ3v) is 3.47. The molecule has 5 nitrogen and oxygen atoms in total. The van der Waals surface area contributed by atoms with Crippen LogP contribution in [0.3, 0.4) is 0 Å². The largest absolute Gasteiger partial charge is 0.368 e. The maximum absolute atomic E-state index is 5.81. The number of aryl methyl sites for hydroxylation is 1. The molecule has 1 saturated heterocycles. The number of aromatic nitrogens is 2. The second-order valence-corrected chi connectivity index (χ2v) is 5.14. The molecule has 1 aliphatic heterocycles. The van der Waals surface area contributed by atoms with Crippen molar-refractivity contribution in [2.24, 2.45) is 0 Å². The molecule has 0 radical (unpaired) electrons. The zero-order valence-electron chi connectivity index (χ0n) is 11.6. The average molecular weight is 273 g/mol. The molecule has 20 heavy (non-hydrogen) atoms. The Morgan fingerprint density at radius 1 is 1.35 bits per heavy atom. The fourth-order valence-electron chi connectivity index (χ4n) is 2.37. The lowest BCUT2D eigenvalue weighted by molar-refractivity contribution is 0.00859. The molecular formula is C15H19N3O2. The van der Waals surface area contributed by atoms with Crippen LogP contribution in [0.4, 0.5) is 0 Å². The lowest BCUT2D eigenvalue weighted by Gasteiger charge is -2.21. The number of benzene rings is 1. The normalized spacial score (nSPS) is 16.4. The Labute approximate surface area is 118 Å². The van der Waals surface area contributed by atoms with Gasteiger partial charge in [0.1, 0.15) is 6.61 Å². The molecule has 1 aromatic carbocycles. The van der Waals surface area contributed by atoms with E-state index in [1.165, 1.54) is 5.56 Å². The third kappa shape index (κ3) is 3.23. The van der Waals surface area contributed by atoms with Crippen LogP contribution in [0.2, 0.25) is 0 Å². The highest BCUT2D eigenvalue weighted by atomic mass is 16.5. The minimum atomic E-state index is 0.297. The van der Waals surface area contributed by atoms with Crippen molar-refractivity contribution < 1.29 is 9.26 Å². The van der Waals surface area contributed by atoms with Crippen molar-refractivity contribution in [3.63, 3.8) is 0 Å². The second-order valence-electron chi connectivity index (χ2n) is 5.14. The molecule has 1 aliphatic rings. The quantitative estimate of drug-likeness (QED) is 0.926. The summed E-state index contributed by atoms with van der Waals surface area (Å²) in [6.45, 7) is 4.47. The molecule has 0 aliphatic carbocycles. The molecule has 1 aromatic heterocycles. The van der Waals surface area contributed by atoms with Crippen LogP contribution in [-0.4, -0.2) is 29.3 Å². The summed E-state index contributed by atoms with van der Waals surface area (Å²) in [5, 5.41) is 7.33. The van der Waals surface area contributed by atoms with Gasteiger partial charge in [-0.15, -0.1) is 0 Å². The maximum Gasteiger partial charge on any atom is 0.252 e. The van der Waals surface area contributed by atoms with Gasteiger partial charge in [0, 0.05) is 5.56 Å². The minimum Gasteiger partial charge on any atom is -0.368 e. The summed E-state index contributed by atoms with van der Waals surface area (Å²) in [7, 11) is 0. The lowest BCUT2D eigenvalue weighted by atomic mass is 10.1. The summed E-state index contributed by atoms with van der Waals surface area (Å²) in [5.74, 6) is 1.16. The van der Waals surface area contributed by atoms with E-state index in [0.29, 0.717) is 24.4 Å². The molecule has 3 rings (SSSR count). The first-order chi connectivity index (χ1) is 9.81. The molecule has 1 fully saturated rings. The average Bonchev–Trinajstić information content (AvgIpc) is 2.95. The van der Waals surface area contributed by atoms with Crippen molar-refractivity contribution in [2.75, 3.05) is 13.1 Å². The van der Waals surface area contributed by atoms with Gasteiger partial charge < -0.3 is 14.6 Å². The van der Waals surface area contributed by atoms with Crippen molar-refractivity contribution in [3.05, 3.63) is 35.7 Å². The first kappa shape index (κ1) is 13.3. The molecule has 2 aromatic rings. The zero-order valence-corrected chi connectivity index (χ0v) is 11.6. The molecule has 106 valence electrons. The number of rotatable bonds is 4. The van der Waals surface area contributed by atoms with Crippen LogP contribution in [0.15, 0.2) is 28.8 Å². The van der Waals surface area contributed by atoms with Gasteiger partial charge in [0.2, 0.25) is 5.82 Å². The molecule has 2 heterocycles. The minimum absolute atomic E-state index is 0.297. The predicted octanol–water partition coefficient (Wildman–Crippen LogP) is 2.31. The number of piperidine rings is 1. The van der Waals surface area contributed by atoms with E-state index in [4.69, 9.17) is 9.26 Å². The number of hydrogen-bond donors (Lipinski definition) is 1. The fourth-order valence-corrected chi connectivity index (χ4v) is 2.37. The van der Waals surface area contributed by atoms with Gasteiger partial charge in [0.05, 0.1) is 6.10 Å². The van der Waals surface area contributed by atoms with Crippen LogP contribution in [0, 0.1) is 6.92 Å². The Bertz CT molecular complexity index is 562. The van der Waals surface area contributed by atoms with Crippen molar-refractivity contribution in [1.29, 1.82) is 0 Å². The van der Waals surface area contributed by atoms with Gasteiger partial charge in [0.15, 0.2) is 0 Å². The molecule has 5 heteroatoms. The van der Waals surface area contributed by atoms with Gasteiger partial charge in [-0.1, -0.05) is 28.9 Å². The van der Waals surface area contributed by atoms with Crippen LogP contribution in [0.5, 0.6) is 0 Å². The van der Waals surface area contributed by atoms with Crippen molar-refractivity contribution >= 4 is 0 Å². The van der Waals surface area contributed by atoms with Crippen LogP contribution >= 0.6 is 0 Å². The summed E-state index contributed by atoms with van der Waals surface area (Å²) in [4.78, 5) is 4.39. The molecule has 1 N–H and O–H groups in total. The summed E-state index contributed by atoms with van der Waals surface area (Å²) in [6, 6.07) is 8.06. The number of nitrogens with zero attached hydrogens (tertiary/aromatic N) is 2. The number of hydrogen-bond acceptors (Lipinski definition) is 5. The van der Waals surface area contributed by atoms with Crippen LogP contribution in [0.25, 0.3) is 11.4 Å². The van der Waals surface area contributed by atoms with E-state index < -0.39 is 0 Å². The SMILES string of the molecule is Cc1cccc(-c2noc(COC3CCNCC3)n2)c1. The van der Waals surface area contributed by atoms with E-state index in [1.54, 1.807) is 0 Å². The molecule has 0 unspecified atom stereocenters. The van der Waals surface area contributed by atoms with Crippen LogP contribution < -0.4 is 5.32 Å². The molecule has 0 amide bonds. The Morgan fingerprint density at radius 2 is 2.20 bits per heavy atom. The van der Waals surface area contributed by atoms with E-state index in [0.717, 1.165) is 31.5 Å². The Balaban J connectivity index is 1.61. The number of ether oxygens (including phenoxy) is 1. The smallest absolute Gasteiger partial charge is 0.252 e. The van der Waals surface area contributed by atoms with Crippen molar-refractivity contribution in [2.45, 2.75) is 32.5 Å². The van der Waals surface area contributed by atoms with Gasteiger partial charge in [0.25, 0.3) is 5.89 Å². The summed E-state index contributed by atoms with van der Waals surface area (Å²) < 4.78 is 11.1. The molecule has 0 atom stereocenters. The van der Waals surface area contributed by atoms with Crippen molar-refractivity contribution in [1.82, 2.24) is 15.5 Å². The maximum atomic E-state index is 5.81. The Kier molecular flexibility index (Phi) is 4.08. The van der Waals surface area contributed by atoms with Gasteiger partial charge >= 0.3 is 0 Å². The highest BCUT2D eigenvalue weighted by molar-refractivity contribution is 5.55. The van der Waals surface area contributed by atoms with E-state index in [1.807, 2.05) is 31.2 Å². The molecule has 0 bridgehead atoms. The highest BCUT2D eigenvalue weighted by Gasteiger charge is 2.15. The van der Waals surface area contributed by atoms with E-state index in [2.05, 4.69) is 15.5 Å². The van der Waals surface area contributed by atoms with Crippen molar-refractivity contribution in [3.8, 4) is 11.4 Å². The molecule has 0 spiro atoms. The first-order valence-electron chi connectivity index (χ1n) is 7.03. The van der Waals surface area contributed by atoms with Crippen LogP contribution in [0.1, 0.15) is 24.3 Å². The van der Waals surface area contributed by atoms with Gasteiger partial charge in [-0.05, 0) is 38.9 Å². The zero-order chi connectivity index (χ0) is 13.8. The summed E-state index contributed by atoms with van der Waals surface area (Å²) in [5.41, 5.74) is 2.15. The monoisotopic (exact) mass is 273 g/mol. The first-order valence-corrected chi connectivity index (χ1v) is 7.03. The topological polar surface area (TPSA) is 60.2 Å². The highest BCUT2D eigenvalue weighted by Crippen LogP contribution is 2.18. The van der Waals surface area contributed by atoms with Crippen LogP contribution in [-0.2, 0) is 11.3 Å². The lowest BCUT2D eigenvalue weighted by Crippen LogP contribution is -2.32. The Morgan fingerprint density at radius 3 is 3.00 bits per heavy atom. The van der Waals surface area contributed by atoms with Gasteiger partial charge in [-0.2, -0.15) is 4.98 Å². The van der Waals surface area contributed by atoms with E-state index in [-0.39, 0.29) is 0 Å². The second kappa shape index (κ2) is 6.15. The molecule has 0 saturated carbocycles. The third-order valence-electron chi connectivity index (χ3n) is 3.47. The summed E-state index contributed by atoms with van der Waals surface area (Å²) >= 11 is 0. The molecular weight excluding hydrogens is 254 g/mol. The predicted molar refractivity (Wildman–Crippen MR) is 75.2 cm³/mol. The van der Waals surface area contributed by atoms with E-state index >= 15 is 0 Å². The summed E-state index contributed by atoms with van der Waals surface area (Å²) in [6.07, 6.45) is 2.38. The Hall–Kier alpha value is -1.72. The van der Waals surface area contributed by atoms with Gasteiger partial charge in [-0.25, -0.2) is 0 Å². The fraction of sp³-hybridized carbons (Fsp3) is 0.467. The standard InChI is InChI=1S/C15H19N3O2/c1-11-3-2-4-12(9-11)15-17-14(20-18-15)10-19-13-5-7-16-8-6-13/h2-4,9,13,16H,5-8,10H2,1H3.